The van der Waals surface area contributed by atoms with Gasteiger partial charge in [0.25, 0.3) is 0 Å². The molecule has 1 aromatic carbocycles. The summed E-state index contributed by atoms with van der Waals surface area (Å²) in [6, 6.07) is 8.49. The summed E-state index contributed by atoms with van der Waals surface area (Å²) >= 11 is 0. The Bertz CT molecular complexity index is 321. The highest BCUT2D eigenvalue weighted by atomic mass is 16.5. The van der Waals surface area contributed by atoms with Crippen LogP contribution in [0.25, 0.3) is 0 Å². The van der Waals surface area contributed by atoms with Crippen LogP contribution in [-0.2, 0) is 6.42 Å². The van der Waals surface area contributed by atoms with Crippen LogP contribution < -0.4 is 10.1 Å². The Labute approximate surface area is 118 Å². The molecule has 1 unspecified atom stereocenters. The van der Waals surface area contributed by atoms with Gasteiger partial charge in [-0.2, -0.15) is 0 Å². The minimum absolute atomic E-state index is 0.746. The molecule has 2 nitrogen and oxygen atoms in total. The lowest BCUT2D eigenvalue weighted by molar-refractivity contribution is 0.413. The molecular weight excluding hydrogens is 234 g/mol. The topological polar surface area (TPSA) is 21.3 Å². The van der Waals surface area contributed by atoms with Crippen molar-refractivity contribution in [2.24, 2.45) is 5.92 Å². The van der Waals surface area contributed by atoms with Gasteiger partial charge in [-0.05, 0) is 50.0 Å². The lowest BCUT2D eigenvalue weighted by atomic mass is 9.93. The van der Waals surface area contributed by atoms with Gasteiger partial charge in [0.15, 0.2) is 0 Å². The van der Waals surface area contributed by atoms with Crippen LogP contribution >= 0.6 is 0 Å². The van der Waals surface area contributed by atoms with E-state index in [1.807, 2.05) is 7.05 Å². The third-order valence-corrected chi connectivity index (χ3v) is 3.64. The van der Waals surface area contributed by atoms with Crippen LogP contribution in [0.15, 0.2) is 24.3 Å². The van der Waals surface area contributed by atoms with E-state index >= 15 is 0 Å². The summed E-state index contributed by atoms with van der Waals surface area (Å²) in [6.45, 7) is 3.38. The highest BCUT2D eigenvalue weighted by molar-refractivity contribution is 5.27. The molecule has 0 saturated heterocycles. The fraction of sp³-hybridized carbons (Fsp3) is 0.647. The highest BCUT2D eigenvalue weighted by Crippen LogP contribution is 2.18. The first-order chi connectivity index (χ1) is 9.30. The number of unbranched alkanes of at least 4 members (excludes halogenated alkanes) is 3. The zero-order valence-corrected chi connectivity index (χ0v) is 12.7. The molecule has 19 heavy (non-hydrogen) atoms. The van der Waals surface area contributed by atoms with Crippen LogP contribution in [0.1, 0.15) is 44.6 Å². The first-order valence-electron chi connectivity index (χ1n) is 7.57. The Morgan fingerprint density at radius 3 is 2.42 bits per heavy atom. The van der Waals surface area contributed by atoms with Crippen LogP contribution in [0.3, 0.4) is 0 Å². The van der Waals surface area contributed by atoms with E-state index in [0.29, 0.717) is 0 Å². The lowest BCUT2D eigenvalue weighted by Gasteiger charge is -2.16. The Morgan fingerprint density at radius 1 is 1.11 bits per heavy atom. The summed E-state index contributed by atoms with van der Waals surface area (Å²) in [5.74, 6) is 1.69. The lowest BCUT2D eigenvalue weighted by Crippen LogP contribution is -2.20. The van der Waals surface area contributed by atoms with E-state index < -0.39 is 0 Å². The van der Waals surface area contributed by atoms with Gasteiger partial charge in [-0.3, -0.25) is 0 Å². The van der Waals surface area contributed by atoms with E-state index in [0.717, 1.165) is 24.6 Å². The number of rotatable bonds is 10. The van der Waals surface area contributed by atoms with E-state index in [9.17, 15) is 0 Å². The summed E-state index contributed by atoms with van der Waals surface area (Å²) in [6.07, 6.45) is 7.91. The number of ether oxygens (including phenoxy) is 1. The zero-order chi connectivity index (χ0) is 13.9. The van der Waals surface area contributed by atoms with Crippen LogP contribution in [0.5, 0.6) is 5.75 Å². The molecule has 0 aromatic heterocycles. The standard InChI is InChI=1S/C17H29NO/c1-4-5-6-7-8-16(14-18-2)13-15-9-11-17(19-3)12-10-15/h9-12,16,18H,4-8,13-14H2,1-3H3. The molecule has 1 aromatic rings. The number of hydrogen-bond donors (Lipinski definition) is 1. The predicted molar refractivity (Wildman–Crippen MR) is 82.9 cm³/mol. The SMILES string of the molecule is CCCCCCC(CNC)Cc1ccc(OC)cc1. The maximum absolute atomic E-state index is 5.20. The largest absolute Gasteiger partial charge is 0.497 e. The second kappa shape index (κ2) is 9.85. The molecule has 1 rings (SSSR count). The van der Waals surface area contributed by atoms with Gasteiger partial charge in [-0.1, -0.05) is 44.7 Å². The van der Waals surface area contributed by atoms with Crippen molar-refractivity contribution in [3.8, 4) is 5.75 Å². The molecular formula is C17H29NO. The van der Waals surface area contributed by atoms with E-state index in [1.165, 1.54) is 37.7 Å². The van der Waals surface area contributed by atoms with Crippen molar-refractivity contribution in [3.63, 3.8) is 0 Å². The van der Waals surface area contributed by atoms with Crippen molar-refractivity contribution in [3.05, 3.63) is 29.8 Å². The average molecular weight is 263 g/mol. The fourth-order valence-corrected chi connectivity index (χ4v) is 2.52. The van der Waals surface area contributed by atoms with Gasteiger partial charge in [-0.25, -0.2) is 0 Å². The summed E-state index contributed by atoms with van der Waals surface area (Å²) in [5, 5.41) is 3.33. The number of hydrogen-bond acceptors (Lipinski definition) is 2. The predicted octanol–water partition coefficient (Wildman–Crippen LogP) is 4.04. The molecule has 0 heterocycles. The van der Waals surface area contributed by atoms with Crippen molar-refractivity contribution in [2.75, 3.05) is 20.7 Å². The van der Waals surface area contributed by atoms with E-state index in [4.69, 9.17) is 4.74 Å². The van der Waals surface area contributed by atoms with Gasteiger partial charge in [0.2, 0.25) is 0 Å². The maximum atomic E-state index is 5.20. The third kappa shape index (κ3) is 6.63. The summed E-state index contributed by atoms with van der Waals surface area (Å²) in [4.78, 5) is 0. The molecule has 108 valence electrons. The fourth-order valence-electron chi connectivity index (χ4n) is 2.52. The number of benzene rings is 1. The second-order valence-corrected chi connectivity index (χ2v) is 5.33. The monoisotopic (exact) mass is 263 g/mol. The van der Waals surface area contributed by atoms with Crippen molar-refractivity contribution in [1.29, 1.82) is 0 Å². The third-order valence-electron chi connectivity index (χ3n) is 3.64. The van der Waals surface area contributed by atoms with E-state index in [1.54, 1.807) is 7.11 Å². The van der Waals surface area contributed by atoms with Crippen molar-refractivity contribution in [2.45, 2.75) is 45.4 Å². The molecule has 0 aliphatic carbocycles. The van der Waals surface area contributed by atoms with Gasteiger partial charge >= 0.3 is 0 Å². The summed E-state index contributed by atoms with van der Waals surface area (Å²) in [7, 11) is 3.76. The molecule has 1 N–H and O–H groups in total. The average Bonchev–Trinajstić information content (AvgIpc) is 2.44. The zero-order valence-electron chi connectivity index (χ0n) is 12.7. The van der Waals surface area contributed by atoms with Crippen molar-refractivity contribution >= 4 is 0 Å². The van der Waals surface area contributed by atoms with Crippen LogP contribution in [0, 0.1) is 5.92 Å². The minimum Gasteiger partial charge on any atom is -0.497 e. The van der Waals surface area contributed by atoms with Gasteiger partial charge in [0, 0.05) is 0 Å². The second-order valence-electron chi connectivity index (χ2n) is 5.33. The quantitative estimate of drug-likeness (QED) is 0.643. The first kappa shape index (κ1) is 16.0. The molecule has 0 amide bonds. The highest BCUT2D eigenvalue weighted by Gasteiger charge is 2.09. The molecule has 0 bridgehead atoms. The Hall–Kier alpha value is -1.02. The van der Waals surface area contributed by atoms with Gasteiger partial charge < -0.3 is 10.1 Å². The normalized spacial score (nSPS) is 12.4. The summed E-state index contributed by atoms with van der Waals surface area (Å²) < 4.78 is 5.20. The minimum atomic E-state index is 0.746. The van der Waals surface area contributed by atoms with Crippen molar-refractivity contribution in [1.82, 2.24) is 5.32 Å². The summed E-state index contributed by atoms with van der Waals surface area (Å²) in [5.41, 5.74) is 1.41. The number of nitrogens with one attached hydrogen (secondary N) is 1. The smallest absolute Gasteiger partial charge is 0.118 e. The first-order valence-corrected chi connectivity index (χ1v) is 7.57. The Balaban J connectivity index is 2.42. The van der Waals surface area contributed by atoms with Gasteiger partial charge in [0.1, 0.15) is 5.75 Å². The van der Waals surface area contributed by atoms with Gasteiger partial charge in [0.05, 0.1) is 7.11 Å². The van der Waals surface area contributed by atoms with E-state index in [-0.39, 0.29) is 0 Å². The Kier molecular flexibility index (Phi) is 8.31. The molecule has 1 atom stereocenters. The molecule has 2 heteroatoms. The molecule has 0 spiro atoms. The van der Waals surface area contributed by atoms with Crippen LogP contribution in [-0.4, -0.2) is 20.7 Å². The molecule has 0 saturated carbocycles. The number of methoxy groups -OCH3 is 1. The Morgan fingerprint density at radius 2 is 1.84 bits per heavy atom. The molecule has 0 fully saturated rings. The molecule has 0 aliphatic heterocycles. The van der Waals surface area contributed by atoms with Crippen LogP contribution in [0.2, 0.25) is 0 Å². The van der Waals surface area contributed by atoms with E-state index in [2.05, 4.69) is 36.5 Å². The molecule has 0 radical (unpaired) electrons. The van der Waals surface area contributed by atoms with Crippen molar-refractivity contribution < 1.29 is 4.74 Å². The molecule has 0 aliphatic rings. The van der Waals surface area contributed by atoms with Crippen LogP contribution in [0.4, 0.5) is 0 Å². The maximum Gasteiger partial charge on any atom is 0.118 e. The van der Waals surface area contributed by atoms with Gasteiger partial charge in [-0.15, -0.1) is 0 Å².